The SMILES string of the molecule is COC1CN(C(=O)c2ccc(C#N)cc2)CCC1C. The summed E-state index contributed by atoms with van der Waals surface area (Å²) in [5, 5.41) is 8.75. The molecule has 0 bridgehead atoms. The Balaban J connectivity index is 2.09. The van der Waals surface area contributed by atoms with Crippen LogP contribution in [0.5, 0.6) is 0 Å². The maximum absolute atomic E-state index is 12.4. The van der Waals surface area contributed by atoms with Crippen molar-refractivity contribution in [3.05, 3.63) is 35.4 Å². The second-order valence-electron chi connectivity index (χ2n) is 4.98. The van der Waals surface area contributed by atoms with E-state index in [1.54, 1.807) is 31.4 Å². The number of carbonyl (C=O) groups excluding carboxylic acids is 1. The summed E-state index contributed by atoms with van der Waals surface area (Å²) in [5.74, 6) is 0.494. The number of methoxy groups -OCH3 is 1. The minimum absolute atomic E-state index is 0.0124. The van der Waals surface area contributed by atoms with Crippen LogP contribution in [-0.2, 0) is 4.74 Å². The Morgan fingerprint density at radius 2 is 2.11 bits per heavy atom. The zero-order valence-corrected chi connectivity index (χ0v) is 11.3. The first-order valence-electron chi connectivity index (χ1n) is 6.48. The van der Waals surface area contributed by atoms with Gasteiger partial charge in [-0.1, -0.05) is 6.92 Å². The number of carbonyl (C=O) groups is 1. The molecule has 1 amide bonds. The molecular formula is C15H18N2O2. The smallest absolute Gasteiger partial charge is 0.253 e. The number of nitrogens with zero attached hydrogens (tertiary/aromatic N) is 2. The Hall–Kier alpha value is -1.86. The van der Waals surface area contributed by atoms with Gasteiger partial charge in [-0.25, -0.2) is 0 Å². The van der Waals surface area contributed by atoms with Gasteiger partial charge in [-0.2, -0.15) is 5.26 Å². The number of benzene rings is 1. The number of hydrogen-bond acceptors (Lipinski definition) is 3. The zero-order chi connectivity index (χ0) is 13.8. The van der Waals surface area contributed by atoms with Gasteiger partial charge in [0.05, 0.1) is 17.7 Å². The number of hydrogen-bond donors (Lipinski definition) is 0. The van der Waals surface area contributed by atoms with Crippen LogP contribution >= 0.6 is 0 Å². The molecule has 100 valence electrons. The molecule has 2 unspecified atom stereocenters. The average molecular weight is 258 g/mol. The fourth-order valence-electron chi connectivity index (χ4n) is 2.40. The topological polar surface area (TPSA) is 53.3 Å². The van der Waals surface area contributed by atoms with Gasteiger partial charge in [0.2, 0.25) is 0 Å². The van der Waals surface area contributed by atoms with E-state index in [-0.39, 0.29) is 12.0 Å². The third kappa shape index (κ3) is 2.94. The van der Waals surface area contributed by atoms with Crippen LogP contribution in [0.25, 0.3) is 0 Å². The number of piperidine rings is 1. The summed E-state index contributed by atoms with van der Waals surface area (Å²) in [6, 6.07) is 8.82. The van der Waals surface area contributed by atoms with Crippen molar-refractivity contribution in [1.82, 2.24) is 4.90 Å². The summed E-state index contributed by atoms with van der Waals surface area (Å²) >= 11 is 0. The molecule has 1 heterocycles. The second kappa shape index (κ2) is 5.85. The molecular weight excluding hydrogens is 240 g/mol. The van der Waals surface area contributed by atoms with Crippen molar-refractivity contribution in [3.8, 4) is 6.07 Å². The normalized spacial score (nSPS) is 22.9. The molecule has 1 fully saturated rings. The Bertz CT molecular complexity index is 490. The minimum atomic E-state index is 0.0124. The van der Waals surface area contributed by atoms with Gasteiger partial charge in [0.15, 0.2) is 0 Å². The molecule has 4 heteroatoms. The predicted molar refractivity (Wildman–Crippen MR) is 71.6 cm³/mol. The molecule has 2 rings (SSSR count). The van der Waals surface area contributed by atoms with Crippen molar-refractivity contribution in [1.29, 1.82) is 5.26 Å². The standard InChI is InChI=1S/C15H18N2O2/c1-11-7-8-17(10-14(11)19-2)15(18)13-5-3-12(9-16)4-6-13/h3-6,11,14H,7-8,10H2,1-2H3. The van der Waals surface area contributed by atoms with Crippen LogP contribution in [0.15, 0.2) is 24.3 Å². The molecule has 1 aromatic rings. The number of nitriles is 1. The highest BCUT2D eigenvalue weighted by atomic mass is 16.5. The maximum Gasteiger partial charge on any atom is 0.253 e. The van der Waals surface area contributed by atoms with E-state index in [4.69, 9.17) is 10.00 Å². The summed E-state index contributed by atoms with van der Waals surface area (Å²) in [4.78, 5) is 14.2. The molecule has 0 aliphatic carbocycles. The minimum Gasteiger partial charge on any atom is -0.379 e. The van der Waals surface area contributed by atoms with E-state index in [9.17, 15) is 4.79 Å². The monoisotopic (exact) mass is 258 g/mol. The van der Waals surface area contributed by atoms with Crippen LogP contribution in [0.3, 0.4) is 0 Å². The molecule has 1 saturated heterocycles. The second-order valence-corrected chi connectivity index (χ2v) is 4.98. The molecule has 0 spiro atoms. The lowest BCUT2D eigenvalue weighted by Gasteiger charge is -2.36. The van der Waals surface area contributed by atoms with Crippen LogP contribution in [0.1, 0.15) is 29.3 Å². The van der Waals surface area contributed by atoms with Gasteiger partial charge in [-0.15, -0.1) is 0 Å². The highest BCUT2D eigenvalue weighted by Gasteiger charge is 2.29. The van der Waals surface area contributed by atoms with Gasteiger partial charge < -0.3 is 9.64 Å². The molecule has 0 saturated carbocycles. The van der Waals surface area contributed by atoms with Crippen LogP contribution in [-0.4, -0.2) is 37.1 Å². The van der Waals surface area contributed by atoms with Crippen molar-refractivity contribution in [3.63, 3.8) is 0 Å². The first-order valence-corrected chi connectivity index (χ1v) is 6.48. The lowest BCUT2D eigenvalue weighted by molar-refractivity contribution is -0.00156. The summed E-state index contributed by atoms with van der Waals surface area (Å²) in [7, 11) is 1.69. The fourth-order valence-corrected chi connectivity index (χ4v) is 2.40. The van der Waals surface area contributed by atoms with Crippen molar-refractivity contribution in [2.75, 3.05) is 20.2 Å². The summed E-state index contributed by atoms with van der Waals surface area (Å²) in [5.41, 5.74) is 1.20. The van der Waals surface area contributed by atoms with Crippen LogP contribution < -0.4 is 0 Å². The van der Waals surface area contributed by atoms with E-state index in [1.165, 1.54) is 0 Å². The highest BCUT2D eigenvalue weighted by Crippen LogP contribution is 2.21. The van der Waals surface area contributed by atoms with Crippen molar-refractivity contribution >= 4 is 5.91 Å². The molecule has 1 aromatic carbocycles. The Labute approximate surface area is 113 Å². The van der Waals surface area contributed by atoms with Gasteiger partial charge in [0, 0.05) is 25.8 Å². The molecule has 19 heavy (non-hydrogen) atoms. The van der Waals surface area contributed by atoms with Crippen molar-refractivity contribution in [2.24, 2.45) is 5.92 Å². The largest absolute Gasteiger partial charge is 0.379 e. The van der Waals surface area contributed by atoms with Gasteiger partial charge in [0.25, 0.3) is 5.91 Å². The maximum atomic E-state index is 12.4. The van der Waals surface area contributed by atoms with E-state index in [0.29, 0.717) is 23.6 Å². The molecule has 1 aliphatic rings. The molecule has 0 N–H and O–H groups in total. The lowest BCUT2D eigenvalue weighted by atomic mass is 9.95. The molecule has 1 aliphatic heterocycles. The van der Waals surface area contributed by atoms with Crippen molar-refractivity contribution in [2.45, 2.75) is 19.4 Å². The number of ether oxygens (including phenoxy) is 1. The number of rotatable bonds is 2. The van der Waals surface area contributed by atoms with Gasteiger partial charge in [0.1, 0.15) is 0 Å². The van der Waals surface area contributed by atoms with E-state index in [2.05, 4.69) is 6.92 Å². The van der Waals surface area contributed by atoms with E-state index < -0.39 is 0 Å². The van der Waals surface area contributed by atoms with Gasteiger partial charge in [-0.05, 0) is 36.6 Å². The first kappa shape index (κ1) is 13.6. The van der Waals surface area contributed by atoms with E-state index >= 15 is 0 Å². The van der Waals surface area contributed by atoms with Crippen LogP contribution in [0.2, 0.25) is 0 Å². The Kier molecular flexibility index (Phi) is 4.18. The van der Waals surface area contributed by atoms with E-state index in [1.807, 2.05) is 11.0 Å². The van der Waals surface area contributed by atoms with E-state index in [0.717, 1.165) is 13.0 Å². The first-order chi connectivity index (χ1) is 9.15. The lowest BCUT2D eigenvalue weighted by Crippen LogP contribution is -2.46. The predicted octanol–water partition coefficient (Wildman–Crippen LogP) is 2.06. The highest BCUT2D eigenvalue weighted by molar-refractivity contribution is 5.94. The number of likely N-dealkylation sites (tertiary alicyclic amines) is 1. The molecule has 0 radical (unpaired) electrons. The summed E-state index contributed by atoms with van der Waals surface area (Å²) < 4.78 is 5.42. The van der Waals surface area contributed by atoms with Crippen LogP contribution in [0.4, 0.5) is 0 Å². The van der Waals surface area contributed by atoms with Gasteiger partial charge in [-0.3, -0.25) is 4.79 Å². The third-order valence-electron chi connectivity index (χ3n) is 3.74. The Morgan fingerprint density at radius 3 is 2.68 bits per heavy atom. The Morgan fingerprint density at radius 1 is 1.42 bits per heavy atom. The fraction of sp³-hybridized carbons (Fsp3) is 0.467. The zero-order valence-electron chi connectivity index (χ0n) is 11.3. The van der Waals surface area contributed by atoms with Crippen molar-refractivity contribution < 1.29 is 9.53 Å². The molecule has 0 aromatic heterocycles. The van der Waals surface area contributed by atoms with Gasteiger partial charge >= 0.3 is 0 Å². The van der Waals surface area contributed by atoms with Crippen LogP contribution in [0, 0.1) is 17.2 Å². The summed E-state index contributed by atoms with van der Waals surface area (Å²) in [6.45, 7) is 3.55. The third-order valence-corrected chi connectivity index (χ3v) is 3.74. The molecule has 4 nitrogen and oxygen atoms in total. The summed E-state index contributed by atoms with van der Waals surface area (Å²) in [6.07, 6.45) is 1.07. The number of amides is 1. The average Bonchev–Trinajstić information content (AvgIpc) is 2.47. The molecule has 2 atom stereocenters. The quantitative estimate of drug-likeness (QED) is 0.816.